The quantitative estimate of drug-likeness (QED) is 0.616. The number of anilines is 1. The van der Waals surface area contributed by atoms with Gasteiger partial charge in [-0.25, -0.2) is 0 Å². The largest absolute Gasteiger partial charge is 0.383 e. The van der Waals surface area contributed by atoms with E-state index in [0.29, 0.717) is 10.9 Å². The summed E-state index contributed by atoms with van der Waals surface area (Å²) < 4.78 is 1.64. The molecule has 0 atom stereocenters. The van der Waals surface area contributed by atoms with Crippen LogP contribution in [0, 0.1) is 6.92 Å². The van der Waals surface area contributed by atoms with E-state index in [2.05, 4.69) is 28.3 Å². The molecule has 2 heterocycles. The summed E-state index contributed by atoms with van der Waals surface area (Å²) in [5.74, 6) is 0.543. The van der Waals surface area contributed by atoms with Crippen LogP contribution in [0.1, 0.15) is 5.56 Å². The Kier molecular flexibility index (Phi) is 3.59. The van der Waals surface area contributed by atoms with Gasteiger partial charge in [-0.3, -0.25) is 0 Å². The van der Waals surface area contributed by atoms with E-state index in [1.807, 2.05) is 54.6 Å². The van der Waals surface area contributed by atoms with Gasteiger partial charge in [-0.05, 0) is 12.5 Å². The molecule has 0 fully saturated rings. The van der Waals surface area contributed by atoms with Crippen molar-refractivity contribution < 1.29 is 0 Å². The molecule has 4 aromatic rings. The minimum absolute atomic E-state index is 0.543. The number of hydrogen-bond acceptors (Lipinski definition) is 5. The van der Waals surface area contributed by atoms with E-state index in [-0.39, 0.29) is 0 Å². The van der Waals surface area contributed by atoms with Crippen LogP contribution in [-0.4, -0.2) is 20.0 Å². The van der Waals surface area contributed by atoms with Crippen LogP contribution in [0.3, 0.4) is 0 Å². The SMILES string of the molecule is Cc1ccccc1-c1nnc(-n2nc(-c3ccccc3)cc2N)s1. The van der Waals surface area contributed by atoms with Crippen molar-refractivity contribution in [3.05, 3.63) is 66.2 Å². The summed E-state index contributed by atoms with van der Waals surface area (Å²) in [7, 11) is 0. The molecule has 0 spiro atoms. The van der Waals surface area contributed by atoms with Crippen LogP contribution in [-0.2, 0) is 0 Å². The highest BCUT2D eigenvalue weighted by molar-refractivity contribution is 7.17. The maximum absolute atomic E-state index is 6.13. The lowest BCUT2D eigenvalue weighted by Gasteiger charge is -1.99. The Bertz CT molecular complexity index is 988. The molecule has 0 bridgehead atoms. The average Bonchev–Trinajstić information content (AvgIpc) is 3.23. The highest BCUT2D eigenvalue weighted by Crippen LogP contribution is 2.30. The summed E-state index contributed by atoms with van der Waals surface area (Å²) >= 11 is 1.47. The Morgan fingerprint density at radius 1 is 0.958 bits per heavy atom. The lowest BCUT2D eigenvalue weighted by Crippen LogP contribution is -2.01. The molecule has 0 radical (unpaired) electrons. The average molecular weight is 333 g/mol. The summed E-state index contributed by atoms with van der Waals surface area (Å²) in [6.07, 6.45) is 0. The van der Waals surface area contributed by atoms with Gasteiger partial charge in [0.2, 0.25) is 5.13 Å². The van der Waals surface area contributed by atoms with Crippen LogP contribution in [0.15, 0.2) is 60.7 Å². The first-order valence-electron chi connectivity index (χ1n) is 7.53. The summed E-state index contributed by atoms with van der Waals surface area (Å²) in [4.78, 5) is 0. The second kappa shape index (κ2) is 5.90. The molecule has 0 aliphatic carbocycles. The molecule has 5 nitrogen and oxygen atoms in total. The Hall–Kier alpha value is -2.99. The zero-order chi connectivity index (χ0) is 16.5. The van der Waals surface area contributed by atoms with Crippen LogP contribution in [0.4, 0.5) is 5.82 Å². The van der Waals surface area contributed by atoms with Gasteiger partial charge in [-0.15, -0.1) is 10.2 Å². The second-order valence-corrected chi connectivity index (χ2v) is 6.39. The number of benzene rings is 2. The number of rotatable bonds is 3. The molecule has 0 amide bonds. The van der Waals surface area contributed by atoms with E-state index >= 15 is 0 Å². The van der Waals surface area contributed by atoms with Crippen LogP contribution >= 0.6 is 11.3 Å². The molecule has 2 aromatic carbocycles. The fraction of sp³-hybridized carbons (Fsp3) is 0.0556. The molecule has 0 saturated heterocycles. The highest BCUT2D eigenvalue weighted by Gasteiger charge is 2.14. The fourth-order valence-corrected chi connectivity index (χ4v) is 3.43. The maximum atomic E-state index is 6.13. The van der Waals surface area contributed by atoms with Crippen molar-refractivity contribution in [2.75, 3.05) is 5.73 Å². The van der Waals surface area contributed by atoms with Gasteiger partial charge in [-0.2, -0.15) is 9.78 Å². The van der Waals surface area contributed by atoms with Gasteiger partial charge in [0.05, 0.1) is 5.69 Å². The molecule has 0 saturated carbocycles. The molecule has 4 rings (SSSR count). The highest BCUT2D eigenvalue weighted by atomic mass is 32.1. The van der Waals surface area contributed by atoms with Gasteiger partial charge in [0.25, 0.3) is 0 Å². The number of nitrogens with zero attached hydrogens (tertiary/aromatic N) is 4. The van der Waals surface area contributed by atoms with E-state index in [1.165, 1.54) is 16.9 Å². The van der Waals surface area contributed by atoms with Gasteiger partial charge in [0, 0.05) is 17.2 Å². The predicted molar refractivity (Wildman–Crippen MR) is 97.1 cm³/mol. The minimum atomic E-state index is 0.543. The maximum Gasteiger partial charge on any atom is 0.235 e. The molecule has 24 heavy (non-hydrogen) atoms. The van der Waals surface area contributed by atoms with Crippen LogP contribution in [0.25, 0.3) is 27.0 Å². The molecule has 0 aliphatic rings. The molecular weight excluding hydrogens is 318 g/mol. The summed E-state index contributed by atoms with van der Waals surface area (Å²) in [6, 6.07) is 19.9. The Balaban J connectivity index is 1.73. The van der Waals surface area contributed by atoms with Crippen LogP contribution in [0.2, 0.25) is 0 Å². The molecular formula is C18H15N5S. The lowest BCUT2D eigenvalue weighted by atomic mass is 10.1. The van der Waals surface area contributed by atoms with Gasteiger partial charge in [0.15, 0.2) is 0 Å². The molecule has 0 aliphatic heterocycles. The summed E-state index contributed by atoms with van der Waals surface area (Å²) in [5.41, 5.74) is 10.2. The van der Waals surface area contributed by atoms with E-state index in [0.717, 1.165) is 21.8 Å². The van der Waals surface area contributed by atoms with E-state index in [4.69, 9.17) is 5.73 Å². The van der Waals surface area contributed by atoms with E-state index in [1.54, 1.807) is 4.68 Å². The third-order valence-corrected chi connectivity index (χ3v) is 4.71. The Morgan fingerprint density at radius 3 is 2.50 bits per heavy atom. The van der Waals surface area contributed by atoms with Crippen molar-refractivity contribution in [2.45, 2.75) is 6.92 Å². The van der Waals surface area contributed by atoms with Crippen molar-refractivity contribution in [1.82, 2.24) is 20.0 Å². The third-order valence-electron chi connectivity index (χ3n) is 3.78. The fourth-order valence-electron chi connectivity index (χ4n) is 2.52. The number of aromatic nitrogens is 4. The molecule has 0 unspecified atom stereocenters. The predicted octanol–water partition coefficient (Wildman–Crippen LogP) is 3.95. The molecule has 118 valence electrons. The van der Waals surface area contributed by atoms with Crippen LogP contribution < -0.4 is 5.73 Å². The van der Waals surface area contributed by atoms with E-state index in [9.17, 15) is 0 Å². The minimum Gasteiger partial charge on any atom is -0.383 e. The van der Waals surface area contributed by atoms with Crippen molar-refractivity contribution in [3.63, 3.8) is 0 Å². The number of hydrogen-bond donors (Lipinski definition) is 1. The van der Waals surface area contributed by atoms with Crippen LogP contribution in [0.5, 0.6) is 0 Å². The Labute approximate surface area is 143 Å². The first-order valence-corrected chi connectivity index (χ1v) is 8.35. The normalized spacial score (nSPS) is 10.9. The van der Waals surface area contributed by atoms with Crippen molar-refractivity contribution in [1.29, 1.82) is 0 Å². The number of nitrogens with two attached hydrogens (primary N) is 1. The number of nitrogen functional groups attached to an aromatic ring is 1. The summed E-state index contributed by atoms with van der Waals surface area (Å²) in [5, 5.41) is 14.7. The zero-order valence-electron chi connectivity index (χ0n) is 13.0. The topological polar surface area (TPSA) is 69.6 Å². The van der Waals surface area contributed by atoms with Gasteiger partial charge >= 0.3 is 0 Å². The lowest BCUT2D eigenvalue weighted by molar-refractivity contribution is 0.859. The summed E-state index contributed by atoms with van der Waals surface area (Å²) in [6.45, 7) is 2.06. The first kappa shape index (κ1) is 14.6. The standard InChI is InChI=1S/C18H15N5S/c1-12-7-5-6-10-14(12)17-20-21-18(24-17)23-16(19)11-15(22-23)13-8-3-2-4-9-13/h2-11H,19H2,1H3. The third kappa shape index (κ3) is 2.57. The molecule has 2 N–H and O–H groups in total. The van der Waals surface area contributed by atoms with Gasteiger partial charge in [0.1, 0.15) is 10.8 Å². The number of aryl methyl sites for hydroxylation is 1. The van der Waals surface area contributed by atoms with Gasteiger partial charge in [-0.1, -0.05) is 65.9 Å². The first-order chi connectivity index (χ1) is 11.7. The van der Waals surface area contributed by atoms with Crippen molar-refractivity contribution in [2.24, 2.45) is 0 Å². The zero-order valence-corrected chi connectivity index (χ0v) is 13.9. The molecule has 6 heteroatoms. The van der Waals surface area contributed by atoms with Crippen molar-refractivity contribution >= 4 is 17.2 Å². The van der Waals surface area contributed by atoms with E-state index < -0.39 is 0 Å². The Morgan fingerprint density at radius 2 is 1.71 bits per heavy atom. The van der Waals surface area contributed by atoms with Gasteiger partial charge < -0.3 is 5.73 Å². The monoisotopic (exact) mass is 333 g/mol. The van der Waals surface area contributed by atoms with Crippen molar-refractivity contribution in [3.8, 4) is 27.0 Å². The smallest absolute Gasteiger partial charge is 0.235 e. The second-order valence-electron chi connectivity index (χ2n) is 5.44. The molecule has 2 aromatic heterocycles.